The molecule has 1 aromatic carbocycles. The van der Waals surface area contributed by atoms with Gasteiger partial charge in [0.2, 0.25) is 0 Å². The van der Waals surface area contributed by atoms with Crippen molar-refractivity contribution in [2.45, 2.75) is 19.4 Å². The van der Waals surface area contributed by atoms with Crippen molar-refractivity contribution in [1.29, 1.82) is 5.26 Å². The summed E-state index contributed by atoms with van der Waals surface area (Å²) in [5.74, 6) is 0. The molecule has 0 saturated carbocycles. The van der Waals surface area contributed by atoms with E-state index < -0.39 is 0 Å². The van der Waals surface area contributed by atoms with E-state index >= 15 is 0 Å². The van der Waals surface area contributed by atoms with Crippen LogP contribution in [0.5, 0.6) is 0 Å². The molecule has 2 nitrogen and oxygen atoms in total. The molecule has 0 aliphatic rings. The number of benzene rings is 1. The number of halogens is 1. The van der Waals surface area contributed by atoms with E-state index in [0.29, 0.717) is 11.6 Å². The second-order valence-corrected chi connectivity index (χ2v) is 6.38. The zero-order valence-corrected chi connectivity index (χ0v) is 13.3. The number of nitriles is 1. The van der Waals surface area contributed by atoms with Crippen LogP contribution in [0.25, 0.3) is 0 Å². The molecule has 2 aromatic rings. The van der Waals surface area contributed by atoms with Gasteiger partial charge in [0.25, 0.3) is 0 Å². The number of likely N-dealkylation sites (N-methyl/N-ethyl adjacent to an activating group) is 1. The minimum absolute atomic E-state index is 0.347. The average Bonchev–Trinajstić information content (AvgIpc) is 2.90. The molecule has 1 atom stereocenters. The Morgan fingerprint density at radius 1 is 1.37 bits per heavy atom. The van der Waals surface area contributed by atoms with Gasteiger partial charge < -0.3 is 4.90 Å². The molecule has 4 heteroatoms. The summed E-state index contributed by atoms with van der Waals surface area (Å²) in [5, 5.41) is 11.4. The van der Waals surface area contributed by atoms with Crippen molar-refractivity contribution in [2.24, 2.45) is 0 Å². The second-order valence-electron chi connectivity index (χ2n) is 4.49. The normalized spacial score (nSPS) is 11.9. The van der Waals surface area contributed by atoms with E-state index in [1.54, 1.807) is 11.3 Å². The third kappa shape index (κ3) is 3.17. The van der Waals surface area contributed by atoms with Crippen LogP contribution < -0.4 is 4.90 Å². The van der Waals surface area contributed by atoms with Crippen LogP contribution in [-0.2, 0) is 6.42 Å². The molecule has 0 fully saturated rings. The highest BCUT2D eigenvalue weighted by Crippen LogP contribution is 2.28. The SMILES string of the molecule is CC(Cc1cccs1)N(C)c1cccc(Br)c1C#N. The van der Waals surface area contributed by atoms with Crippen LogP contribution in [-0.4, -0.2) is 13.1 Å². The fourth-order valence-electron chi connectivity index (χ4n) is 2.01. The first-order valence-electron chi connectivity index (χ1n) is 6.07. The molecule has 1 unspecified atom stereocenters. The highest BCUT2D eigenvalue weighted by Gasteiger charge is 2.16. The van der Waals surface area contributed by atoms with Gasteiger partial charge in [0.05, 0.1) is 11.3 Å². The summed E-state index contributed by atoms with van der Waals surface area (Å²) in [7, 11) is 2.04. The molecule has 98 valence electrons. The molecule has 0 radical (unpaired) electrons. The molecule has 0 spiro atoms. The predicted octanol–water partition coefficient (Wildman–Crippen LogP) is 4.45. The van der Waals surface area contributed by atoms with Crippen LogP contribution in [0, 0.1) is 11.3 Å². The fraction of sp³-hybridized carbons (Fsp3) is 0.267. The maximum Gasteiger partial charge on any atom is 0.103 e. The van der Waals surface area contributed by atoms with Crippen molar-refractivity contribution in [2.75, 3.05) is 11.9 Å². The Morgan fingerprint density at radius 3 is 2.79 bits per heavy atom. The van der Waals surface area contributed by atoms with Gasteiger partial charge in [0, 0.05) is 28.9 Å². The lowest BCUT2D eigenvalue weighted by atomic mass is 10.1. The summed E-state index contributed by atoms with van der Waals surface area (Å²) in [6, 6.07) is 12.7. The summed E-state index contributed by atoms with van der Waals surface area (Å²) in [5.41, 5.74) is 1.67. The minimum atomic E-state index is 0.347. The molecule has 0 aliphatic heterocycles. The molecular weight excluding hydrogens is 320 g/mol. The van der Waals surface area contributed by atoms with Gasteiger partial charge in [-0.1, -0.05) is 12.1 Å². The van der Waals surface area contributed by atoms with Gasteiger partial charge in [-0.05, 0) is 46.4 Å². The van der Waals surface area contributed by atoms with Crippen molar-refractivity contribution < 1.29 is 0 Å². The number of nitrogens with zero attached hydrogens (tertiary/aromatic N) is 2. The Hall–Kier alpha value is -1.31. The van der Waals surface area contributed by atoms with Crippen molar-refractivity contribution in [3.8, 4) is 6.07 Å². The van der Waals surface area contributed by atoms with Gasteiger partial charge >= 0.3 is 0 Å². The lowest BCUT2D eigenvalue weighted by Crippen LogP contribution is -2.31. The van der Waals surface area contributed by atoms with Gasteiger partial charge in [-0.25, -0.2) is 0 Å². The number of rotatable bonds is 4. The summed E-state index contributed by atoms with van der Waals surface area (Å²) in [6.07, 6.45) is 0.992. The van der Waals surface area contributed by atoms with E-state index in [1.165, 1.54) is 4.88 Å². The smallest absolute Gasteiger partial charge is 0.103 e. The number of anilines is 1. The van der Waals surface area contributed by atoms with Gasteiger partial charge in [-0.2, -0.15) is 5.26 Å². The Labute approximate surface area is 126 Å². The quantitative estimate of drug-likeness (QED) is 0.825. The summed E-state index contributed by atoms with van der Waals surface area (Å²) < 4.78 is 0.850. The van der Waals surface area contributed by atoms with Crippen molar-refractivity contribution in [3.05, 3.63) is 50.6 Å². The van der Waals surface area contributed by atoms with E-state index in [9.17, 15) is 5.26 Å². The van der Waals surface area contributed by atoms with Crippen molar-refractivity contribution >= 4 is 33.0 Å². The van der Waals surface area contributed by atoms with Crippen molar-refractivity contribution in [3.63, 3.8) is 0 Å². The van der Waals surface area contributed by atoms with Crippen LogP contribution >= 0.6 is 27.3 Å². The topological polar surface area (TPSA) is 27.0 Å². The number of thiophene rings is 1. The van der Waals surface area contributed by atoms with E-state index in [-0.39, 0.29) is 0 Å². The Morgan fingerprint density at radius 2 is 2.16 bits per heavy atom. The third-order valence-corrected chi connectivity index (χ3v) is 4.78. The number of hydrogen-bond donors (Lipinski definition) is 0. The van der Waals surface area contributed by atoms with E-state index in [4.69, 9.17) is 0 Å². The zero-order valence-electron chi connectivity index (χ0n) is 10.9. The van der Waals surface area contributed by atoms with Crippen LogP contribution in [0.3, 0.4) is 0 Å². The van der Waals surface area contributed by atoms with E-state index in [1.807, 2.05) is 25.2 Å². The minimum Gasteiger partial charge on any atom is -0.370 e. The number of hydrogen-bond acceptors (Lipinski definition) is 3. The fourth-order valence-corrected chi connectivity index (χ4v) is 3.28. The predicted molar refractivity (Wildman–Crippen MR) is 84.7 cm³/mol. The summed E-state index contributed by atoms with van der Waals surface area (Å²) in [4.78, 5) is 3.54. The van der Waals surface area contributed by atoms with Gasteiger partial charge in [-0.3, -0.25) is 0 Å². The van der Waals surface area contributed by atoms with Crippen molar-refractivity contribution in [1.82, 2.24) is 0 Å². The van der Waals surface area contributed by atoms with Crippen LogP contribution in [0.1, 0.15) is 17.4 Å². The zero-order chi connectivity index (χ0) is 13.8. The maximum atomic E-state index is 9.28. The van der Waals surface area contributed by atoms with Crippen LogP contribution in [0.2, 0.25) is 0 Å². The molecule has 0 aliphatic carbocycles. The first kappa shape index (κ1) is 14.1. The molecule has 1 aromatic heterocycles. The largest absolute Gasteiger partial charge is 0.370 e. The van der Waals surface area contributed by atoms with Gasteiger partial charge in [-0.15, -0.1) is 11.3 Å². The standard InChI is InChI=1S/C15H15BrN2S/c1-11(9-12-5-4-8-19-12)18(2)15-7-3-6-14(16)13(15)10-17/h3-8,11H,9H2,1-2H3. The van der Waals surface area contributed by atoms with Gasteiger partial charge in [0.1, 0.15) is 6.07 Å². The monoisotopic (exact) mass is 334 g/mol. The van der Waals surface area contributed by atoms with E-state index in [2.05, 4.69) is 51.3 Å². The first-order chi connectivity index (χ1) is 9.13. The van der Waals surface area contributed by atoms with Crippen LogP contribution in [0.4, 0.5) is 5.69 Å². The molecule has 0 bridgehead atoms. The molecule has 0 saturated heterocycles. The molecule has 0 amide bonds. The lowest BCUT2D eigenvalue weighted by molar-refractivity contribution is 0.687. The molecular formula is C15H15BrN2S. The maximum absolute atomic E-state index is 9.28. The molecule has 0 N–H and O–H groups in total. The highest BCUT2D eigenvalue weighted by atomic mass is 79.9. The highest BCUT2D eigenvalue weighted by molar-refractivity contribution is 9.10. The summed E-state index contributed by atoms with van der Waals surface area (Å²) >= 11 is 5.21. The summed E-state index contributed by atoms with van der Waals surface area (Å²) in [6.45, 7) is 2.18. The van der Waals surface area contributed by atoms with Crippen LogP contribution in [0.15, 0.2) is 40.2 Å². The van der Waals surface area contributed by atoms with E-state index in [0.717, 1.165) is 16.6 Å². The Kier molecular flexibility index (Phi) is 4.62. The van der Waals surface area contributed by atoms with Gasteiger partial charge in [0.15, 0.2) is 0 Å². The molecule has 2 rings (SSSR count). The molecule has 19 heavy (non-hydrogen) atoms. The Bertz CT molecular complexity index is 587. The molecule has 1 heterocycles. The lowest BCUT2D eigenvalue weighted by Gasteiger charge is -2.27. The second kappa shape index (κ2) is 6.23. The first-order valence-corrected chi connectivity index (χ1v) is 7.74. The Balaban J connectivity index is 2.22. The average molecular weight is 335 g/mol. The third-order valence-electron chi connectivity index (χ3n) is 3.22.